The maximum Gasteiger partial charge on any atom is 0.0462 e. The summed E-state index contributed by atoms with van der Waals surface area (Å²) in [6.45, 7) is 1.96. The van der Waals surface area contributed by atoms with Crippen LogP contribution in [0.1, 0.15) is 24.3 Å². The molecular formula is C12H17NO. The minimum Gasteiger partial charge on any atom is -0.385 e. The zero-order valence-corrected chi connectivity index (χ0v) is 8.62. The second-order valence-electron chi connectivity index (χ2n) is 3.80. The second kappa shape index (κ2) is 4.47. The van der Waals surface area contributed by atoms with Crippen LogP contribution in [-0.4, -0.2) is 20.3 Å². The molecular weight excluding hydrogens is 174 g/mol. The molecule has 76 valence electrons. The number of rotatable bonds is 4. The Labute approximate surface area is 85.3 Å². The number of nitrogens with one attached hydrogen (secondary N) is 1. The Bertz CT molecular complexity index is 298. The van der Waals surface area contributed by atoms with Gasteiger partial charge in [0, 0.05) is 31.9 Å². The van der Waals surface area contributed by atoms with Crippen LogP contribution in [0.5, 0.6) is 0 Å². The predicted octanol–water partition coefficient (Wildman–Crippen LogP) is 2.62. The maximum atomic E-state index is 5.07. The number of hydrogen-bond acceptors (Lipinski definition) is 2. The van der Waals surface area contributed by atoms with Gasteiger partial charge in [0.05, 0.1) is 0 Å². The monoisotopic (exact) mass is 191 g/mol. The molecule has 1 atom stereocenters. The Morgan fingerprint density at radius 3 is 3.14 bits per heavy atom. The van der Waals surface area contributed by atoms with E-state index in [-0.39, 0.29) is 0 Å². The average Bonchev–Trinajstić information content (AvgIpc) is 2.63. The highest BCUT2D eigenvalue weighted by Crippen LogP contribution is 2.33. The first-order valence-corrected chi connectivity index (χ1v) is 5.23. The number of hydrogen-bond donors (Lipinski definition) is 1. The van der Waals surface area contributed by atoms with Gasteiger partial charge in [0.15, 0.2) is 0 Å². The van der Waals surface area contributed by atoms with Crippen LogP contribution in [-0.2, 0) is 4.74 Å². The van der Waals surface area contributed by atoms with E-state index in [1.165, 1.54) is 17.7 Å². The first kappa shape index (κ1) is 9.53. The fraction of sp³-hybridized carbons (Fsp3) is 0.500. The molecule has 0 spiro atoms. The number of anilines is 1. The lowest BCUT2D eigenvalue weighted by atomic mass is 9.97. The van der Waals surface area contributed by atoms with E-state index in [1.54, 1.807) is 7.11 Å². The van der Waals surface area contributed by atoms with E-state index in [4.69, 9.17) is 4.74 Å². The molecule has 0 radical (unpaired) electrons. The summed E-state index contributed by atoms with van der Waals surface area (Å²) < 4.78 is 5.07. The van der Waals surface area contributed by atoms with Crippen molar-refractivity contribution < 1.29 is 4.74 Å². The normalized spacial score (nSPS) is 19.1. The molecule has 2 nitrogen and oxygen atoms in total. The largest absolute Gasteiger partial charge is 0.385 e. The molecule has 1 aromatic rings. The highest BCUT2D eigenvalue weighted by atomic mass is 16.5. The van der Waals surface area contributed by atoms with Crippen LogP contribution in [0.3, 0.4) is 0 Å². The minimum absolute atomic E-state index is 0.682. The molecule has 0 saturated heterocycles. The van der Waals surface area contributed by atoms with Gasteiger partial charge in [-0.1, -0.05) is 18.2 Å². The van der Waals surface area contributed by atoms with Gasteiger partial charge in [0.2, 0.25) is 0 Å². The molecule has 1 aliphatic heterocycles. The quantitative estimate of drug-likeness (QED) is 0.739. The van der Waals surface area contributed by atoms with Crippen LogP contribution in [0.2, 0.25) is 0 Å². The lowest BCUT2D eigenvalue weighted by Crippen LogP contribution is -2.03. The molecule has 1 aliphatic rings. The van der Waals surface area contributed by atoms with Crippen molar-refractivity contribution in [3.8, 4) is 0 Å². The summed E-state index contributed by atoms with van der Waals surface area (Å²) in [5, 5.41) is 3.44. The second-order valence-corrected chi connectivity index (χ2v) is 3.80. The van der Waals surface area contributed by atoms with E-state index in [0.717, 1.165) is 19.6 Å². The molecule has 1 N–H and O–H groups in total. The number of ether oxygens (including phenoxy) is 1. The predicted molar refractivity (Wildman–Crippen MR) is 58.8 cm³/mol. The zero-order valence-electron chi connectivity index (χ0n) is 8.62. The van der Waals surface area contributed by atoms with Crippen molar-refractivity contribution in [2.24, 2.45) is 0 Å². The summed E-state index contributed by atoms with van der Waals surface area (Å²) >= 11 is 0. The van der Waals surface area contributed by atoms with Crippen LogP contribution in [0, 0.1) is 0 Å². The molecule has 0 saturated carbocycles. The van der Waals surface area contributed by atoms with Gasteiger partial charge in [-0.2, -0.15) is 0 Å². The van der Waals surface area contributed by atoms with E-state index in [1.807, 2.05) is 0 Å². The molecule has 0 amide bonds. The van der Waals surface area contributed by atoms with Gasteiger partial charge in [-0.05, 0) is 24.5 Å². The van der Waals surface area contributed by atoms with Crippen molar-refractivity contribution in [2.75, 3.05) is 25.6 Å². The minimum atomic E-state index is 0.682. The Kier molecular flexibility index (Phi) is 3.04. The molecule has 1 heterocycles. The van der Waals surface area contributed by atoms with E-state index >= 15 is 0 Å². The third-order valence-corrected chi connectivity index (χ3v) is 2.84. The Morgan fingerprint density at radius 1 is 1.43 bits per heavy atom. The van der Waals surface area contributed by atoms with Gasteiger partial charge >= 0.3 is 0 Å². The average molecular weight is 191 g/mol. The molecule has 2 rings (SSSR count). The van der Waals surface area contributed by atoms with Crippen molar-refractivity contribution in [1.29, 1.82) is 0 Å². The smallest absolute Gasteiger partial charge is 0.0462 e. The van der Waals surface area contributed by atoms with E-state index in [0.29, 0.717) is 5.92 Å². The standard InChI is InChI=1S/C12H17NO/c1-14-8-4-5-10-9-13-12-7-3-2-6-11(10)12/h2-3,6-7,10,13H,4-5,8-9H2,1H3. The topological polar surface area (TPSA) is 21.3 Å². The molecule has 0 aromatic heterocycles. The molecule has 0 aliphatic carbocycles. The van der Waals surface area contributed by atoms with Crippen molar-refractivity contribution in [3.05, 3.63) is 29.8 Å². The van der Waals surface area contributed by atoms with Gasteiger partial charge in [0.1, 0.15) is 0 Å². The van der Waals surface area contributed by atoms with Gasteiger partial charge in [-0.3, -0.25) is 0 Å². The zero-order chi connectivity index (χ0) is 9.80. The van der Waals surface area contributed by atoms with Crippen molar-refractivity contribution in [3.63, 3.8) is 0 Å². The molecule has 1 unspecified atom stereocenters. The van der Waals surface area contributed by atoms with E-state index in [9.17, 15) is 0 Å². The highest BCUT2D eigenvalue weighted by molar-refractivity contribution is 5.57. The summed E-state index contributed by atoms with van der Waals surface area (Å²) in [5.41, 5.74) is 2.79. The summed E-state index contributed by atoms with van der Waals surface area (Å²) in [4.78, 5) is 0. The Morgan fingerprint density at radius 2 is 2.29 bits per heavy atom. The van der Waals surface area contributed by atoms with Crippen LogP contribution in [0.4, 0.5) is 5.69 Å². The maximum absolute atomic E-state index is 5.07. The van der Waals surface area contributed by atoms with Crippen molar-refractivity contribution in [2.45, 2.75) is 18.8 Å². The number of fused-ring (bicyclic) bond motifs is 1. The SMILES string of the molecule is COCCCC1CNc2ccccc21. The fourth-order valence-electron chi connectivity index (χ4n) is 2.09. The van der Waals surface area contributed by atoms with Crippen LogP contribution < -0.4 is 5.32 Å². The summed E-state index contributed by atoms with van der Waals surface area (Å²) in [6.07, 6.45) is 2.37. The Hall–Kier alpha value is -1.02. The summed E-state index contributed by atoms with van der Waals surface area (Å²) in [5.74, 6) is 0.682. The first-order valence-electron chi connectivity index (χ1n) is 5.23. The molecule has 0 bridgehead atoms. The lowest BCUT2D eigenvalue weighted by Gasteiger charge is -2.08. The fourth-order valence-corrected chi connectivity index (χ4v) is 2.09. The van der Waals surface area contributed by atoms with Gasteiger partial charge in [-0.25, -0.2) is 0 Å². The molecule has 14 heavy (non-hydrogen) atoms. The van der Waals surface area contributed by atoms with Gasteiger partial charge in [-0.15, -0.1) is 0 Å². The van der Waals surface area contributed by atoms with Crippen LogP contribution in [0.15, 0.2) is 24.3 Å². The molecule has 1 aromatic carbocycles. The summed E-state index contributed by atoms with van der Waals surface area (Å²) in [6, 6.07) is 8.59. The van der Waals surface area contributed by atoms with Crippen molar-refractivity contribution in [1.82, 2.24) is 0 Å². The lowest BCUT2D eigenvalue weighted by molar-refractivity contribution is 0.191. The van der Waals surface area contributed by atoms with Crippen LogP contribution in [0.25, 0.3) is 0 Å². The number of para-hydroxylation sites is 1. The van der Waals surface area contributed by atoms with Gasteiger partial charge < -0.3 is 10.1 Å². The first-order chi connectivity index (χ1) is 6.92. The molecule has 0 fully saturated rings. The van der Waals surface area contributed by atoms with E-state index < -0.39 is 0 Å². The Balaban J connectivity index is 1.96. The third kappa shape index (κ3) is 1.90. The van der Waals surface area contributed by atoms with Crippen molar-refractivity contribution >= 4 is 5.69 Å². The highest BCUT2D eigenvalue weighted by Gasteiger charge is 2.20. The number of methoxy groups -OCH3 is 1. The van der Waals surface area contributed by atoms with Gasteiger partial charge in [0.25, 0.3) is 0 Å². The van der Waals surface area contributed by atoms with E-state index in [2.05, 4.69) is 29.6 Å². The summed E-state index contributed by atoms with van der Waals surface area (Å²) in [7, 11) is 1.76. The third-order valence-electron chi connectivity index (χ3n) is 2.84. The molecule has 2 heteroatoms. The number of benzene rings is 1. The van der Waals surface area contributed by atoms with Crippen LogP contribution >= 0.6 is 0 Å².